The van der Waals surface area contributed by atoms with Crippen LogP contribution in [0.25, 0.3) is 0 Å². The van der Waals surface area contributed by atoms with E-state index < -0.39 is 0 Å². The number of benzene rings is 2. The predicted octanol–water partition coefficient (Wildman–Crippen LogP) is 4.86. The van der Waals surface area contributed by atoms with E-state index in [1.54, 1.807) is 6.20 Å². The van der Waals surface area contributed by atoms with Gasteiger partial charge in [-0.3, -0.25) is 0 Å². The van der Waals surface area contributed by atoms with Crippen LogP contribution in [-0.2, 0) is 0 Å². The number of hydrogen-bond acceptors (Lipinski definition) is 5. The summed E-state index contributed by atoms with van der Waals surface area (Å²) in [7, 11) is 0. The van der Waals surface area contributed by atoms with Crippen molar-refractivity contribution in [2.75, 3.05) is 10.6 Å². The lowest BCUT2D eigenvalue weighted by Crippen LogP contribution is -2.10. The molecule has 1 atom stereocenters. The van der Waals surface area contributed by atoms with Crippen LogP contribution in [0.3, 0.4) is 0 Å². The van der Waals surface area contributed by atoms with Crippen LogP contribution in [0, 0.1) is 6.92 Å². The Labute approximate surface area is 149 Å². The number of nitrogens with zero attached hydrogens (tertiary/aromatic N) is 3. The Bertz CT molecular complexity index is 823. The van der Waals surface area contributed by atoms with Crippen LogP contribution in [0.2, 0.25) is 0 Å². The molecule has 3 aromatic rings. The van der Waals surface area contributed by atoms with Crippen molar-refractivity contribution in [2.45, 2.75) is 19.9 Å². The average Bonchev–Trinajstić information content (AvgIpc) is 2.59. The Morgan fingerprint density at radius 2 is 1.88 bits per heavy atom. The van der Waals surface area contributed by atoms with Crippen LogP contribution >= 0.6 is 15.9 Å². The molecule has 0 bridgehead atoms. The minimum atomic E-state index is 0.0942. The molecular weight excluding hydrogens is 366 g/mol. The largest absolute Gasteiger partial charge is 0.346 e. The van der Waals surface area contributed by atoms with E-state index in [1.165, 1.54) is 11.1 Å². The van der Waals surface area contributed by atoms with Gasteiger partial charge in [-0.1, -0.05) is 52.3 Å². The molecule has 1 heterocycles. The van der Waals surface area contributed by atoms with E-state index in [4.69, 9.17) is 0 Å². The number of aromatic nitrogens is 3. The lowest BCUT2D eigenvalue weighted by atomic mass is 10.1. The molecule has 0 aliphatic rings. The smallest absolute Gasteiger partial charge is 0.245 e. The van der Waals surface area contributed by atoms with Crippen molar-refractivity contribution in [1.29, 1.82) is 0 Å². The minimum absolute atomic E-state index is 0.0942. The topological polar surface area (TPSA) is 62.7 Å². The standard InChI is InChI=1S/C18H18BrN5/c1-12-8-9-15(10-16(12)19)22-17-11-20-24-18(23-17)21-13(2)14-6-4-3-5-7-14/h3-11,13H,1-2H3,(H2,21,22,23,24). The Hall–Kier alpha value is -2.47. The van der Waals surface area contributed by atoms with Gasteiger partial charge in [0.25, 0.3) is 0 Å². The molecule has 6 heteroatoms. The normalized spacial score (nSPS) is 11.8. The van der Waals surface area contributed by atoms with Gasteiger partial charge in [-0.2, -0.15) is 10.1 Å². The van der Waals surface area contributed by atoms with Gasteiger partial charge in [0.2, 0.25) is 5.95 Å². The van der Waals surface area contributed by atoms with E-state index in [1.807, 2.05) is 43.3 Å². The first-order valence-corrected chi connectivity index (χ1v) is 8.45. The Morgan fingerprint density at radius 1 is 1.08 bits per heavy atom. The molecular formula is C18H18BrN5. The van der Waals surface area contributed by atoms with Crippen LogP contribution in [-0.4, -0.2) is 15.2 Å². The molecule has 2 N–H and O–H groups in total. The van der Waals surface area contributed by atoms with Crippen LogP contribution in [0.4, 0.5) is 17.5 Å². The highest BCUT2D eigenvalue weighted by molar-refractivity contribution is 9.10. The molecule has 0 amide bonds. The van der Waals surface area contributed by atoms with Crippen molar-refractivity contribution in [3.8, 4) is 0 Å². The van der Waals surface area contributed by atoms with Crippen molar-refractivity contribution in [3.05, 3.63) is 70.3 Å². The second-order valence-corrected chi connectivity index (χ2v) is 6.39. The van der Waals surface area contributed by atoms with E-state index >= 15 is 0 Å². The maximum absolute atomic E-state index is 4.47. The Kier molecular flexibility index (Phi) is 5.05. The monoisotopic (exact) mass is 383 g/mol. The highest BCUT2D eigenvalue weighted by Gasteiger charge is 2.08. The number of nitrogens with one attached hydrogen (secondary N) is 2. The molecule has 0 radical (unpaired) electrons. The summed E-state index contributed by atoms with van der Waals surface area (Å²) < 4.78 is 1.05. The van der Waals surface area contributed by atoms with Crippen molar-refractivity contribution in [1.82, 2.24) is 15.2 Å². The van der Waals surface area contributed by atoms with Crippen LogP contribution in [0.5, 0.6) is 0 Å². The summed E-state index contributed by atoms with van der Waals surface area (Å²) in [5.74, 6) is 1.13. The van der Waals surface area contributed by atoms with Gasteiger partial charge in [-0.15, -0.1) is 5.10 Å². The number of rotatable bonds is 5. The van der Waals surface area contributed by atoms with E-state index in [-0.39, 0.29) is 6.04 Å². The van der Waals surface area contributed by atoms with E-state index in [0.717, 1.165) is 10.2 Å². The number of hydrogen-bond donors (Lipinski definition) is 2. The quantitative estimate of drug-likeness (QED) is 0.658. The maximum atomic E-state index is 4.47. The fraction of sp³-hybridized carbons (Fsp3) is 0.167. The summed E-state index contributed by atoms with van der Waals surface area (Å²) in [5, 5.41) is 14.6. The van der Waals surface area contributed by atoms with Gasteiger partial charge in [0.1, 0.15) is 0 Å². The molecule has 2 aromatic carbocycles. The highest BCUT2D eigenvalue weighted by atomic mass is 79.9. The van der Waals surface area contributed by atoms with Crippen LogP contribution in [0.1, 0.15) is 24.1 Å². The zero-order valence-corrected chi connectivity index (χ0v) is 15.1. The minimum Gasteiger partial charge on any atom is -0.346 e. The van der Waals surface area contributed by atoms with Gasteiger partial charge < -0.3 is 10.6 Å². The van der Waals surface area contributed by atoms with Crippen LogP contribution in [0.15, 0.2) is 59.2 Å². The van der Waals surface area contributed by atoms with Gasteiger partial charge in [0.15, 0.2) is 5.82 Å². The van der Waals surface area contributed by atoms with Gasteiger partial charge in [0.05, 0.1) is 12.2 Å². The molecule has 3 rings (SSSR count). The summed E-state index contributed by atoms with van der Waals surface area (Å²) in [6, 6.07) is 16.3. The first kappa shape index (κ1) is 16.4. The second-order valence-electron chi connectivity index (χ2n) is 5.53. The predicted molar refractivity (Wildman–Crippen MR) is 100 cm³/mol. The highest BCUT2D eigenvalue weighted by Crippen LogP contribution is 2.23. The lowest BCUT2D eigenvalue weighted by Gasteiger charge is -2.14. The molecule has 0 aliphatic carbocycles. The third kappa shape index (κ3) is 4.08. The summed E-state index contributed by atoms with van der Waals surface area (Å²) in [6.45, 7) is 4.11. The van der Waals surface area contributed by atoms with Crippen molar-refractivity contribution in [3.63, 3.8) is 0 Å². The zero-order chi connectivity index (χ0) is 16.9. The molecule has 1 unspecified atom stereocenters. The first-order chi connectivity index (χ1) is 11.6. The van der Waals surface area contributed by atoms with E-state index in [2.05, 4.69) is 60.8 Å². The van der Waals surface area contributed by atoms with E-state index in [0.29, 0.717) is 11.8 Å². The molecule has 0 fully saturated rings. The number of anilines is 3. The van der Waals surface area contributed by atoms with Gasteiger partial charge in [0, 0.05) is 10.2 Å². The maximum Gasteiger partial charge on any atom is 0.245 e. The van der Waals surface area contributed by atoms with Gasteiger partial charge in [-0.05, 0) is 37.1 Å². The van der Waals surface area contributed by atoms with Crippen molar-refractivity contribution < 1.29 is 0 Å². The molecule has 5 nitrogen and oxygen atoms in total. The second kappa shape index (κ2) is 7.40. The summed E-state index contributed by atoms with van der Waals surface area (Å²) in [5.41, 5.74) is 3.29. The summed E-state index contributed by atoms with van der Waals surface area (Å²) in [4.78, 5) is 4.47. The van der Waals surface area contributed by atoms with Crippen LogP contribution < -0.4 is 10.6 Å². The SMILES string of the molecule is Cc1ccc(Nc2cnnc(NC(C)c3ccccc3)n2)cc1Br. The number of halogens is 1. The molecule has 0 saturated heterocycles. The molecule has 0 aliphatic heterocycles. The zero-order valence-electron chi connectivity index (χ0n) is 13.5. The molecule has 0 spiro atoms. The average molecular weight is 384 g/mol. The fourth-order valence-electron chi connectivity index (χ4n) is 2.26. The third-order valence-electron chi connectivity index (χ3n) is 3.65. The summed E-state index contributed by atoms with van der Waals surface area (Å²) >= 11 is 3.53. The van der Waals surface area contributed by atoms with Crippen molar-refractivity contribution >= 4 is 33.4 Å². The third-order valence-corrected chi connectivity index (χ3v) is 4.50. The van der Waals surface area contributed by atoms with Crippen molar-refractivity contribution in [2.24, 2.45) is 0 Å². The molecule has 24 heavy (non-hydrogen) atoms. The molecule has 122 valence electrons. The summed E-state index contributed by atoms with van der Waals surface area (Å²) in [6.07, 6.45) is 1.60. The lowest BCUT2D eigenvalue weighted by molar-refractivity contribution is 0.841. The van der Waals surface area contributed by atoms with E-state index in [9.17, 15) is 0 Å². The Balaban J connectivity index is 1.73. The Morgan fingerprint density at radius 3 is 2.62 bits per heavy atom. The van der Waals surface area contributed by atoms with Gasteiger partial charge >= 0.3 is 0 Å². The molecule has 1 aromatic heterocycles. The number of aryl methyl sites for hydroxylation is 1. The fourth-order valence-corrected chi connectivity index (χ4v) is 2.64. The van der Waals surface area contributed by atoms with Gasteiger partial charge in [-0.25, -0.2) is 0 Å². The molecule has 0 saturated carbocycles. The first-order valence-electron chi connectivity index (χ1n) is 7.66.